The SMILES string of the molecule is [C-]#[N+]CC1(N(CC(=O)c2cccc(Cl)c2)C(=O)OC(C)(C)C)CC1. The highest BCUT2D eigenvalue weighted by Crippen LogP contribution is 2.43. The Balaban J connectivity index is 2.22. The molecule has 24 heavy (non-hydrogen) atoms. The second kappa shape index (κ2) is 6.82. The van der Waals surface area contributed by atoms with E-state index in [2.05, 4.69) is 4.85 Å². The van der Waals surface area contributed by atoms with Gasteiger partial charge in [-0.25, -0.2) is 11.4 Å². The van der Waals surface area contributed by atoms with Crippen LogP contribution in [-0.4, -0.2) is 41.0 Å². The maximum atomic E-state index is 12.6. The third kappa shape index (κ3) is 4.48. The number of ketones is 1. The lowest BCUT2D eigenvalue weighted by Crippen LogP contribution is -2.48. The van der Waals surface area contributed by atoms with Gasteiger partial charge in [-0.3, -0.25) is 9.69 Å². The van der Waals surface area contributed by atoms with E-state index in [1.54, 1.807) is 45.0 Å². The van der Waals surface area contributed by atoms with E-state index in [1.807, 2.05) is 0 Å². The Kier molecular flexibility index (Phi) is 5.19. The monoisotopic (exact) mass is 348 g/mol. The number of ether oxygens (including phenoxy) is 1. The van der Waals surface area contributed by atoms with E-state index < -0.39 is 17.2 Å². The van der Waals surface area contributed by atoms with Crippen LogP contribution in [0.1, 0.15) is 44.0 Å². The minimum atomic E-state index is -0.664. The van der Waals surface area contributed by atoms with Crippen molar-refractivity contribution in [1.82, 2.24) is 4.90 Å². The molecule has 0 atom stereocenters. The Morgan fingerprint density at radius 3 is 2.54 bits per heavy atom. The van der Waals surface area contributed by atoms with Crippen molar-refractivity contribution in [3.05, 3.63) is 46.3 Å². The minimum Gasteiger partial charge on any atom is -0.444 e. The van der Waals surface area contributed by atoms with Gasteiger partial charge in [0.2, 0.25) is 6.54 Å². The molecule has 0 aromatic heterocycles. The molecule has 0 N–H and O–H groups in total. The molecule has 1 saturated carbocycles. The van der Waals surface area contributed by atoms with Crippen LogP contribution < -0.4 is 0 Å². The molecule has 6 heteroatoms. The summed E-state index contributed by atoms with van der Waals surface area (Å²) < 4.78 is 5.44. The zero-order valence-electron chi connectivity index (χ0n) is 14.1. The quantitative estimate of drug-likeness (QED) is 0.591. The molecule has 1 aromatic carbocycles. The van der Waals surface area contributed by atoms with Gasteiger partial charge in [-0.2, -0.15) is 0 Å². The van der Waals surface area contributed by atoms with E-state index in [-0.39, 0.29) is 18.9 Å². The van der Waals surface area contributed by atoms with E-state index in [1.165, 1.54) is 4.90 Å². The van der Waals surface area contributed by atoms with Crippen LogP contribution in [0.15, 0.2) is 24.3 Å². The molecule has 1 fully saturated rings. The molecule has 1 aromatic rings. The van der Waals surface area contributed by atoms with Gasteiger partial charge in [-0.15, -0.1) is 0 Å². The number of Topliss-reactive ketones (excluding diaryl/α,β-unsaturated/α-hetero) is 1. The van der Waals surface area contributed by atoms with Gasteiger partial charge < -0.3 is 9.58 Å². The number of halogens is 1. The smallest absolute Gasteiger partial charge is 0.411 e. The topological polar surface area (TPSA) is 51.0 Å². The van der Waals surface area contributed by atoms with Gasteiger partial charge in [0, 0.05) is 10.6 Å². The fourth-order valence-corrected chi connectivity index (χ4v) is 2.63. The van der Waals surface area contributed by atoms with Crippen LogP contribution >= 0.6 is 11.6 Å². The molecule has 0 aliphatic heterocycles. The first-order valence-corrected chi connectivity index (χ1v) is 8.17. The van der Waals surface area contributed by atoms with E-state index >= 15 is 0 Å². The van der Waals surface area contributed by atoms with Crippen molar-refractivity contribution in [2.24, 2.45) is 0 Å². The molecular weight excluding hydrogens is 328 g/mol. The van der Waals surface area contributed by atoms with E-state index in [9.17, 15) is 9.59 Å². The molecule has 5 nitrogen and oxygen atoms in total. The minimum absolute atomic E-state index is 0.120. The van der Waals surface area contributed by atoms with Gasteiger partial charge in [-0.1, -0.05) is 23.7 Å². The average molecular weight is 349 g/mol. The number of carbonyl (C=O) groups is 2. The third-order valence-electron chi connectivity index (χ3n) is 3.84. The zero-order valence-corrected chi connectivity index (χ0v) is 14.9. The molecule has 1 aliphatic carbocycles. The first-order chi connectivity index (χ1) is 11.2. The molecule has 0 bridgehead atoms. The van der Waals surface area contributed by atoms with E-state index in [0.717, 1.165) is 0 Å². The lowest BCUT2D eigenvalue weighted by molar-refractivity contribution is 0.0147. The molecule has 0 unspecified atom stereocenters. The molecule has 0 heterocycles. The molecule has 2 rings (SSSR count). The highest BCUT2D eigenvalue weighted by Gasteiger charge is 2.55. The third-order valence-corrected chi connectivity index (χ3v) is 4.07. The van der Waals surface area contributed by atoms with Gasteiger partial charge in [0.15, 0.2) is 5.78 Å². The van der Waals surface area contributed by atoms with Crippen LogP contribution in [-0.2, 0) is 4.74 Å². The summed E-state index contributed by atoms with van der Waals surface area (Å²) in [4.78, 5) is 30.0. The summed E-state index contributed by atoms with van der Waals surface area (Å²) in [6.45, 7) is 12.5. The molecule has 0 radical (unpaired) electrons. The Morgan fingerprint density at radius 2 is 2.04 bits per heavy atom. The first kappa shape index (κ1) is 18.3. The summed E-state index contributed by atoms with van der Waals surface area (Å²) >= 11 is 5.93. The van der Waals surface area contributed by atoms with Crippen molar-refractivity contribution >= 4 is 23.5 Å². The molecule has 0 spiro atoms. The van der Waals surface area contributed by atoms with Gasteiger partial charge in [0.05, 0.1) is 6.54 Å². The first-order valence-electron chi connectivity index (χ1n) is 7.79. The largest absolute Gasteiger partial charge is 0.444 e. The summed E-state index contributed by atoms with van der Waals surface area (Å²) in [5, 5.41) is 0.465. The lowest BCUT2D eigenvalue weighted by atomic mass is 10.1. The molecule has 128 valence electrons. The van der Waals surface area contributed by atoms with Crippen LogP contribution in [0.3, 0.4) is 0 Å². The van der Waals surface area contributed by atoms with Crippen molar-refractivity contribution in [3.8, 4) is 0 Å². The number of hydrogen-bond donors (Lipinski definition) is 0. The summed E-state index contributed by atoms with van der Waals surface area (Å²) in [5.74, 6) is -0.223. The summed E-state index contributed by atoms with van der Waals surface area (Å²) in [6.07, 6.45) is 0.855. The van der Waals surface area contributed by atoms with Crippen LogP contribution in [0, 0.1) is 6.57 Å². The highest BCUT2D eigenvalue weighted by atomic mass is 35.5. The Hall–Kier alpha value is -2.06. The number of nitrogens with zero attached hydrogens (tertiary/aromatic N) is 2. The fraction of sp³-hybridized carbons (Fsp3) is 0.500. The van der Waals surface area contributed by atoms with E-state index in [4.69, 9.17) is 22.9 Å². The molecular formula is C18H21ClN2O3. The number of rotatable bonds is 5. The Morgan fingerprint density at radius 1 is 1.38 bits per heavy atom. The summed E-state index contributed by atoms with van der Waals surface area (Å²) in [7, 11) is 0. The molecule has 1 amide bonds. The lowest BCUT2D eigenvalue weighted by Gasteiger charge is -2.31. The second-order valence-electron chi connectivity index (χ2n) is 7.04. The van der Waals surface area contributed by atoms with Crippen molar-refractivity contribution in [2.75, 3.05) is 13.1 Å². The normalized spacial score (nSPS) is 15.3. The molecule has 1 aliphatic rings. The zero-order chi connectivity index (χ0) is 18.0. The summed E-state index contributed by atoms with van der Waals surface area (Å²) in [5.41, 5.74) is -0.810. The Bertz CT molecular complexity index is 684. The summed E-state index contributed by atoms with van der Waals surface area (Å²) in [6, 6.07) is 6.62. The van der Waals surface area contributed by atoms with E-state index in [0.29, 0.717) is 23.4 Å². The van der Waals surface area contributed by atoms with Crippen molar-refractivity contribution in [2.45, 2.75) is 44.8 Å². The predicted molar refractivity (Wildman–Crippen MR) is 92.2 cm³/mol. The van der Waals surface area contributed by atoms with Crippen LogP contribution in [0.4, 0.5) is 4.79 Å². The van der Waals surface area contributed by atoms with Gasteiger partial charge in [0.1, 0.15) is 11.1 Å². The highest BCUT2D eigenvalue weighted by molar-refractivity contribution is 6.31. The predicted octanol–water partition coefficient (Wildman–Crippen LogP) is 4.21. The Labute approximate surface area is 147 Å². The number of carbonyl (C=O) groups excluding carboxylic acids is 2. The maximum absolute atomic E-state index is 12.6. The van der Waals surface area contributed by atoms with Gasteiger partial charge in [-0.05, 0) is 45.7 Å². The number of benzene rings is 1. The van der Waals surface area contributed by atoms with Gasteiger partial charge in [0.25, 0.3) is 0 Å². The second-order valence-corrected chi connectivity index (χ2v) is 7.48. The van der Waals surface area contributed by atoms with Crippen molar-refractivity contribution in [3.63, 3.8) is 0 Å². The van der Waals surface area contributed by atoms with Crippen LogP contribution in [0.25, 0.3) is 4.85 Å². The van der Waals surface area contributed by atoms with Crippen LogP contribution in [0.5, 0.6) is 0 Å². The van der Waals surface area contributed by atoms with Crippen LogP contribution in [0.2, 0.25) is 5.02 Å². The maximum Gasteiger partial charge on any atom is 0.411 e. The number of hydrogen-bond acceptors (Lipinski definition) is 3. The van der Waals surface area contributed by atoms with Gasteiger partial charge >= 0.3 is 6.09 Å². The average Bonchev–Trinajstić information content (AvgIpc) is 3.23. The van der Waals surface area contributed by atoms with Crippen molar-refractivity contribution < 1.29 is 14.3 Å². The fourth-order valence-electron chi connectivity index (χ4n) is 2.44. The standard InChI is InChI=1S/C18H21ClN2O3/c1-17(2,3)24-16(23)21(18(8-9-18)12-20-4)11-15(22)13-6-5-7-14(19)10-13/h5-7,10H,8-9,11-12H2,1-3H3. The number of amides is 1. The van der Waals surface area contributed by atoms with Crippen molar-refractivity contribution in [1.29, 1.82) is 0 Å². The molecule has 0 saturated heterocycles.